The number of nitrogens with zero attached hydrogens (tertiary/aromatic N) is 1. The van der Waals surface area contributed by atoms with Crippen LogP contribution in [0.5, 0.6) is 0 Å². The van der Waals surface area contributed by atoms with Crippen molar-refractivity contribution in [2.75, 3.05) is 6.54 Å². The molecule has 0 aliphatic heterocycles. The molecule has 0 saturated heterocycles. The molecule has 0 aliphatic carbocycles. The van der Waals surface area contributed by atoms with Crippen LogP contribution in [0.25, 0.3) is 0 Å². The lowest BCUT2D eigenvalue weighted by molar-refractivity contribution is 0.581. The van der Waals surface area contributed by atoms with Gasteiger partial charge in [-0.15, -0.1) is 6.58 Å². The molecule has 1 aromatic rings. The van der Waals surface area contributed by atoms with Gasteiger partial charge in [0, 0.05) is 6.04 Å². The molecule has 1 aromatic carbocycles. The lowest BCUT2D eigenvalue weighted by Gasteiger charge is -2.13. The van der Waals surface area contributed by atoms with E-state index in [0.29, 0.717) is 11.6 Å². The third kappa shape index (κ3) is 3.57. The highest BCUT2D eigenvalue weighted by Crippen LogP contribution is 2.12. The van der Waals surface area contributed by atoms with Crippen molar-refractivity contribution in [2.45, 2.75) is 19.4 Å². The average molecular weight is 200 g/mol. The van der Waals surface area contributed by atoms with Gasteiger partial charge in [0.1, 0.15) is 0 Å². The standard InChI is InChI=1S/C13H16N2/c1-3-4-9-15-11(2)13-7-5-12(10-14)6-8-13/h3,5-8,11,15H,1,4,9H2,2H3. The summed E-state index contributed by atoms with van der Waals surface area (Å²) in [6.45, 7) is 6.73. The van der Waals surface area contributed by atoms with Gasteiger partial charge in [-0.1, -0.05) is 18.2 Å². The predicted molar refractivity (Wildman–Crippen MR) is 62.4 cm³/mol. The number of nitrogens with one attached hydrogen (secondary N) is 1. The van der Waals surface area contributed by atoms with Crippen LogP contribution >= 0.6 is 0 Å². The highest BCUT2D eigenvalue weighted by molar-refractivity contribution is 5.32. The van der Waals surface area contributed by atoms with Crippen molar-refractivity contribution in [3.8, 4) is 6.07 Å². The van der Waals surface area contributed by atoms with E-state index in [4.69, 9.17) is 5.26 Å². The summed E-state index contributed by atoms with van der Waals surface area (Å²) < 4.78 is 0. The molecule has 0 aliphatic rings. The number of hydrogen-bond acceptors (Lipinski definition) is 2. The monoisotopic (exact) mass is 200 g/mol. The molecule has 0 aromatic heterocycles. The molecule has 15 heavy (non-hydrogen) atoms. The van der Waals surface area contributed by atoms with Crippen LogP contribution in [0.3, 0.4) is 0 Å². The highest BCUT2D eigenvalue weighted by atomic mass is 14.9. The van der Waals surface area contributed by atoms with Gasteiger partial charge in [0.05, 0.1) is 11.6 Å². The first-order chi connectivity index (χ1) is 7.27. The lowest BCUT2D eigenvalue weighted by atomic mass is 10.1. The Hall–Kier alpha value is -1.59. The molecule has 0 bridgehead atoms. The fourth-order valence-corrected chi connectivity index (χ4v) is 1.37. The summed E-state index contributed by atoms with van der Waals surface area (Å²) in [6.07, 6.45) is 2.87. The molecule has 1 rings (SSSR count). The molecule has 0 radical (unpaired) electrons. The zero-order chi connectivity index (χ0) is 11.1. The van der Waals surface area contributed by atoms with Gasteiger partial charge in [0.25, 0.3) is 0 Å². The van der Waals surface area contributed by atoms with E-state index >= 15 is 0 Å². The van der Waals surface area contributed by atoms with E-state index in [1.165, 1.54) is 5.56 Å². The Kier molecular flexibility index (Phi) is 4.59. The van der Waals surface area contributed by atoms with E-state index in [2.05, 4.69) is 24.9 Å². The van der Waals surface area contributed by atoms with E-state index in [1.807, 2.05) is 30.3 Å². The van der Waals surface area contributed by atoms with Gasteiger partial charge in [-0.3, -0.25) is 0 Å². The zero-order valence-electron chi connectivity index (χ0n) is 9.03. The van der Waals surface area contributed by atoms with E-state index in [9.17, 15) is 0 Å². The Morgan fingerprint density at radius 2 is 2.13 bits per heavy atom. The number of hydrogen-bond donors (Lipinski definition) is 1. The second-order valence-corrected chi connectivity index (χ2v) is 3.49. The maximum atomic E-state index is 8.66. The highest BCUT2D eigenvalue weighted by Gasteiger charge is 2.03. The third-order valence-corrected chi connectivity index (χ3v) is 2.34. The van der Waals surface area contributed by atoms with E-state index in [0.717, 1.165) is 13.0 Å². The smallest absolute Gasteiger partial charge is 0.0991 e. The van der Waals surface area contributed by atoms with Gasteiger partial charge < -0.3 is 5.32 Å². The van der Waals surface area contributed by atoms with Crippen LogP contribution in [0.1, 0.15) is 30.5 Å². The van der Waals surface area contributed by atoms with Gasteiger partial charge in [-0.05, 0) is 37.6 Å². The third-order valence-electron chi connectivity index (χ3n) is 2.34. The van der Waals surface area contributed by atoms with Crippen LogP contribution in [0.2, 0.25) is 0 Å². The van der Waals surface area contributed by atoms with Gasteiger partial charge in [0.2, 0.25) is 0 Å². The van der Waals surface area contributed by atoms with Crippen LogP contribution in [-0.4, -0.2) is 6.54 Å². The molecule has 0 amide bonds. The van der Waals surface area contributed by atoms with Crippen LogP contribution in [-0.2, 0) is 0 Å². The van der Waals surface area contributed by atoms with Crippen LogP contribution in [0.15, 0.2) is 36.9 Å². The Balaban J connectivity index is 2.54. The van der Waals surface area contributed by atoms with Crippen molar-refractivity contribution in [1.29, 1.82) is 5.26 Å². The Labute approximate surface area is 91.2 Å². The van der Waals surface area contributed by atoms with Crippen molar-refractivity contribution in [2.24, 2.45) is 0 Å². The quantitative estimate of drug-likeness (QED) is 0.586. The summed E-state index contributed by atoms with van der Waals surface area (Å²) >= 11 is 0. The molecule has 0 heterocycles. The molecule has 1 N–H and O–H groups in total. The molecular formula is C13H16N2. The fourth-order valence-electron chi connectivity index (χ4n) is 1.37. The summed E-state index contributed by atoms with van der Waals surface area (Å²) in [6, 6.07) is 10.1. The van der Waals surface area contributed by atoms with E-state index in [-0.39, 0.29) is 0 Å². The largest absolute Gasteiger partial charge is 0.310 e. The van der Waals surface area contributed by atoms with Gasteiger partial charge in [-0.2, -0.15) is 5.26 Å². The first kappa shape index (κ1) is 11.5. The average Bonchev–Trinajstić information content (AvgIpc) is 2.29. The fraction of sp³-hybridized carbons (Fsp3) is 0.308. The Morgan fingerprint density at radius 3 is 2.67 bits per heavy atom. The minimum absolute atomic E-state index is 0.317. The summed E-state index contributed by atoms with van der Waals surface area (Å²) in [7, 11) is 0. The summed E-state index contributed by atoms with van der Waals surface area (Å²) in [4.78, 5) is 0. The summed E-state index contributed by atoms with van der Waals surface area (Å²) in [5.74, 6) is 0. The molecule has 0 saturated carbocycles. The molecule has 2 heteroatoms. The van der Waals surface area contributed by atoms with Gasteiger partial charge in [0.15, 0.2) is 0 Å². The normalized spacial score (nSPS) is 11.7. The van der Waals surface area contributed by atoms with Crippen molar-refractivity contribution in [3.63, 3.8) is 0 Å². The number of nitriles is 1. The SMILES string of the molecule is C=CCCNC(C)c1ccc(C#N)cc1. The molecule has 0 spiro atoms. The van der Waals surface area contributed by atoms with E-state index in [1.54, 1.807) is 0 Å². The first-order valence-corrected chi connectivity index (χ1v) is 5.12. The van der Waals surface area contributed by atoms with Crippen molar-refractivity contribution < 1.29 is 0 Å². The lowest BCUT2D eigenvalue weighted by Crippen LogP contribution is -2.19. The van der Waals surface area contributed by atoms with Crippen LogP contribution in [0.4, 0.5) is 0 Å². The second-order valence-electron chi connectivity index (χ2n) is 3.49. The Morgan fingerprint density at radius 1 is 1.47 bits per heavy atom. The molecule has 78 valence electrons. The molecule has 1 unspecified atom stereocenters. The zero-order valence-corrected chi connectivity index (χ0v) is 9.03. The second kappa shape index (κ2) is 6.00. The number of benzene rings is 1. The molecule has 0 fully saturated rings. The topological polar surface area (TPSA) is 35.8 Å². The van der Waals surface area contributed by atoms with Gasteiger partial charge in [-0.25, -0.2) is 0 Å². The molecular weight excluding hydrogens is 184 g/mol. The number of rotatable bonds is 5. The van der Waals surface area contributed by atoms with Crippen molar-refractivity contribution >= 4 is 0 Å². The maximum absolute atomic E-state index is 8.66. The first-order valence-electron chi connectivity index (χ1n) is 5.12. The van der Waals surface area contributed by atoms with Crippen molar-refractivity contribution in [1.82, 2.24) is 5.32 Å². The summed E-state index contributed by atoms with van der Waals surface area (Å²) in [5, 5.41) is 12.0. The van der Waals surface area contributed by atoms with Crippen LogP contribution in [0, 0.1) is 11.3 Å². The van der Waals surface area contributed by atoms with Gasteiger partial charge >= 0.3 is 0 Å². The Bertz CT molecular complexity index is 346. The maximum Gasteiger partial charge on any atom is 0.0991 e. The molecule has 1 atom stereocenters. The minimum Gasteiger partial charge on any atom is -0.310 e. The molecule has 2 nitrogen and oxygen atoms in total. The summed E-state index contributed by atoms with van der Waals surface area (Å²) in [5.41, 5.74) is 1.91. The minimum atomic E-state index is 0.317. The van der Waals surface area contributed by atoms with E-state index < -0.39 is 0 Å². The van der Waals surface area contributed by atoms with Crippen LogP contribution < -0.4 is 5.32 Å². The predicted octanol–water partition coefficient (Wildman–Crippen LogP) is 2.78. The van der Waals surface area contributed by atoms with Crippen molar-refractivity contribution in [3.05, 3.63) is 48.0 Å².